The molecule has 0 heterocycles. The van der Waals surface area contributed by atoms with Gasteiger partial charge in [0, 0.05) is 32.1 Å². The summed E-state index contributed by atoms with van der Waals surface area (Å²) in [5, 5.41) is 2.90. The van der Waals surface area contributed by atoms with Crippen molar-refractivity contribution in [1.29, 1.82) is 0 Å². The van der Waals surface area contributed by atoms with E-state index in [-0.39, 0.29) is 29.3 Å². The average molecular weight is 554 g/mol. The van der Waals surface area contributed by atoms with E-state index in [1.54, 1.807) is 30.3 Å². The van der Waals surface area contributed by atoms with Gasteiger partial charge in [-0.05, 0) is 37.1 Å². The highest BCUT2D eigenvalue weighted by atomic mass is 32.2. The minimum atomic E-state index is -3.98. The maximum Gasteiger partial charge on any atom is 0.243 e. The molecule has 0 aliphatic carbocycles. The Morgan fingerprint density at radius 2 is 1.59 bits per heavy atom. The fraction of sp³-hybridized carbons (Fsp3) is 0.333. The number of carbonyl (C=O) groups is 2. The van der Waals surface area contributed by atoms with Crippen LogP contribution in [0.3, 0.4) is 0 Å². The van der Waals surface area contributed by atoms with Crippen molar-refractivity contribution >= 4 is 21.8 Å². The summed E-state index contributed by atoms with van der Waals surface area (Å²) in [5.41, 5.74) is 1.95. The molecule has 2 amide bonds. The highest BCUT2D eigenvalue weighted by Gasteiger charge is 2.33. The Kier molecular flexibility index (Phi) is 10.8. The van der Waals surface area contributed by atoms with Crippen LogP contribution in [-0.4, -0.2) is 55.6 Å². The van der Waals surface area contributed by atoms with Gasteiger partial charge in [0.15, 0.2) is 0 Å². The lowest BCUT2D eigenvalue weighted by Crippen LogP contribution is -2.53. The van der Waals surface area contributed by atoms with Gasteiger partial charge < -0.3 is 10.2 Å². The third-order valence-corrected chi connectivity index (χ3v) is 8.30. The SMILES string of the molecule is CCCCNC(=O)[C@@H](Cc1ccccc1)N(Cc1ccccc1F)C(=O)CN(C)S(=O)(=O)c1ccc(C)cc1. The van der Waals surface area contributed by atoms with Crippen molar-refractivity contribution in [1.82, 2.24) is 14.5 Å². The van der Waals surface area contributed by atoms with E-state index in [9.17, 15) is 22.4 Å². The predicted molar refractivity (Wildman–Crippen MR) is 150 cm³/mol. The Balaban J connectivity index is 1.96. The summed E-state index contributed by atoms with van der Waals surface area (Å²) in [7, 11) is -2.66. The topological polar surface area (TPSA) is 86.8 Å². The van der Waals surface area contributed by atoms with E-state index < -0.39 is 34.3 Å². The van der Waals surface area contributed by atoms with E-state index in [0.29, 0.717) is 6.54 Å². The summed E-state index contributed by atoms with van der Waals surface area (Å²) in [6.45, 7) is 3.58. The lowest BCUT2D eigenvalue weighted by atomic mass is 10.0. The molecule has 7 nitrogen and oxygen atoms in total. The molecule has 0 unspecified atom stereocenters. The quantitative estimate of drug-likeness (QED) is 0.320. The predicted octanol–water partition coefficient (Wildman–Crippen LogP) is 4.31. The van der Waals surface area contributed by atoms with Gasteiger partial charge in [-0.3, -0.25) is 9.59 Å². The zero-order valence-corrected chi connectivity index (χ0v) is 23.5. The van der Waals surface area contributed by atoms with E-state index in [1.165, 1.54) is 30.1 Å². The number of aryl methyl sites for hydroxylation is 1. The van der Waals surface area contributed by atoms with Crippen molar-refractivity contribution in [3.63, 3.8) is 0 Å². The molecule has 0 aliphatic heterocycles. The summed E-state index contributed by atoms with van der Waals surface area (Å²) in [4.78, 5) is 28.6. The number of benzene rings is 3. The lowest BCUT2D eigenvalue weighted by molar-refractivity contribution is -0.141. The number of nitrogens with zero attached hydrogens (tertiary/aromatic N) is 2. The van der Waals surface area contributed by atoms with Crippen molar-refractivity contribution in [2.45, 2.75) is 50.6 Å². The van der Waals surface area contributed by atoms with Gasteiger partial charge in [-0.25, -0.2) is 12.8 Å². The molecule has 0 bridgehead atoms. The molecule has 0 fully saturated rings. The van der Waals surface area contributed by atoms with Crippen molar-refractivity contribution < 1.29 is 22.4 Å². The molecular formula is C30H36FN3O4S. The number of rotatable bonds is 13. The molecule has 0 saturated heterocycles. The number of halogens is 1. The van der Waals surface area contributed by atoms with Crippen LogP contribution in [0.2, 0.25) is 0 Å². The molecule has 3 rings (SSSR count). The number of nitrogens with one attached hydrogen (secondary N) is 1. The number of hydrogen-bond acceptors (Lipinski definition) is 4. The Morgan fingerprint density at radius 3 is 2.23 bits per heavy atom. The Hall–Kier alpha value is -3.56. The maximum atomic E-state index is 14.7. The third-order valence-electron chi connectivity index (χ3n) is 6.49. The first-order chi connectivity index (χ1) is 18.6. The molecule has 0 aliphatic rings. The van der Waals surface area contributed by atoms with Crippen molar-refractivity contribution in [3.8, 4) is 0 Å². The molecule has 0 saturated carbocycles. The van der Waals surface area contributed by atoms with Crippen LogP contribution < -0.4 is 5.32 Å². The molecular weight excluding hydrogens is 517 g/mol. The second-order valence-corrected chi connectivity index (χ2v) is 11.6. The van der Waals surface area contributed by atoms with Crippen LogP contribution in [0.4, 0.5) is 4.39 Å². The third kappa shape index (κ3) is 8.21. The molecule has 1 N–H and O–H groups in total. The molecule has 0 aromatic heterocycles. The second-order valence-electron chi connectivity index (χ2n) is 9.54. The van der Waals surface area contributed by atoms with Gasteiger partial charge >= 0.3 is 0 Å². The molecule has 3 aromatic rings. The maximum absolute atomic E-state index is 14.7. The Morgan fingerprint density at radius 1 is 0.949 bits per heavy atom. The lowest BCUT2D eigenvalue weighted by Gasteiger charge is -2.32. The van der Waals surface area contributed by atoms with Crippen molar-refractivity contribution in [2.75, 3.05) is 20.1 Å². The first-order valence-corrected chi connectivity index (χ1v) is 14.4. The van der Waals surface area contributed by atoms with E-state index in [0.717, 1.165) is 28.3 Å². The van der Waals surface area contributed by atoms with Crippen LogP contribution in [0, 0.1) is 12.7 Å². The fourth-order valence-corrected chi connectivity index (χ4v) is 5.25. The minimum Gasteiger partial charge on any atom is -0.354 e. The number of unbranched alkanes of at least 4 members (excludes halogenated alkanes) is 1. The number of hydrogen-bond donors (Lipinski definition) is 1. The Bertz CT molecular complexity index is 1350. The van der Waals surface area contributed by atoms with Crippen LogP contribution in [0.15, 0.2) is 83.8 Å². The average Bonchev–Trinajstić information content (AvgIpc) is 2.92. The number of amides is 2. The zero-order valence-electron chi connectivity index (χ0n) is 22.6. The minimum absolute atomic E-state index is 0.0576. The van der Waals surface area contributed by atoms with Gasteiger partial charge in [0.2, 0.25) is 21.8 Å². The molecule has 208 valence electrons. The number of carbonyl (C=O) groups excluding carboxylic acids is 2. The van der Waals surface area contributed by atoms with Crippen LogP contribution in [-0.2, 0) is 32.6 Å². The van der Waals surface area contributed by atoms with Gasteiger partial charge in [0.05, 0.1) is 11.4 Å². The van der Waals surface area contributed by atoms with E-state index in [2.05, 4.69) is 5.32 Å². The van der Waals surface area contributed by atoms with Crippen LogP contribution in [0.1, 0.15) is 36.5 Å². The van der Waals surface area contributed by atoms with Gasteiger partial charge in [0.1, 0.15) is 11.9 Å². The van der Waals surface area contributed by atoms with E-state index in [4.69, 9.17) is 0 Å². The van der Waals surface area contributed by atoms with Crippen LogP contribution in [0.25, 0.3) is 0 Å². The summed E-state index contributed by atoms with van der Waals surface area (Å²) >= 11 is 0. The fourth-order valence-electron chi connectivity index (χ4n) is 4.13. The first-order valence-electron chi connectivity index (χ1n) is 13.0. The zero-order chi connectivity index (χ0) is 28.4. The van der Waals surface area contributed by atoms with E-state index in [1.807, 2.05) is 44.2 Å². The monoisotopic (exact) mass is 553 g/mol. The molecule has 3 aromatic carbocycles. The summed E-state index contributed by atoms with van der Waals surface area (Å²) in [5.74, 6) is -1.50. The summed E-state index contributed by atoms with van der Waals surface area (Å²) < 4.78 is 42.1. The Labute approximate surface area is 230 Å². The van der Waals surface area contributed by atoms with Crippen LogP contribution >= 0.6 is 0 Å². The van der Waals surface area contributed by atoms with Gasteiger partial charge in [-0.1, -0.05) is 79.6 Å². The van der Waals surface area contributed by atoms with Crippen molar-refractivity contribution in [3.05, 3.63) is 101 Å². The molecule has 0 spiro atoms. The largest absolute Gasteiger partial charge is 0.354 e. The molecule has 1 atom stereocenters. The standard InChI is InChI=1S/C30H36FN3O4S/c1-4-5-19-32-30(36)28(20-24-11-7-6-8-12-24)34(21-25-13-9-10-14-27(25)31)29(35)22-33(3)39(37,38)26-17-15-23(2)16-18-26/h6-18,28H,4-5,19-22H2,1-3H3,(H,32,36)/t28-/m1/s1. The van der Waals surface area contributed by atoms with Crippen LogP contribution in [0.5, 0.6) is 0 Å². The summed E-state index contributed by atoms with van der Waals surface area (Å²) in [6, 6.07) is 20.7. The smallest absolute Gasteiger partial charge is 0.243 e. The normalized spacial score (nSPS) is 12.2. The number of likely N-dealkylation sites (N-methyl/N-ethyl adjacent to an activating group) is 1. The molecule has 9 heteroatoms. The highest BCUT2D eigenvalue weighted by Crippen LogP contribution is 2.19. The van der Waals surface area contributed by atoms with Gasteiger partial charge in [-0.2, -0.15) is 4.31 Å². The van der Waals surface area contributed by atoms with Gasteiger partial charge in [0.25, 0.3) is 0 Å². The number of sulfonamides is 1. The van der Waals surface area contributed by atoms with Crippen molar-refractivity contribution in [2.24, 2.45) is 0 Å². The first kappa shape index (κ1) is 30.0. The van der Waals surface area contributed by atoms with Gasteiger partial charge in [-0.15, -0.1) is 0 Å². The molecule has 39 heavy (non-hydrogen) atoms. The van der Waals surface area contributed by atoms with E-state index >= 15 is 0 Å². The summed E-state index contributed by atoms with van der Waals surface area (Å²) in [6.07, 6.45) is 1.83. The molecule has 0 radical (unpaired) electrons. The second kappa shape index (κ2) is 14.0. The highest BCUT2D eigenvalue weighted by molar-refractivity contribution is 7.89.